The fraction of sp³-hybridized carbons (Fsp3) is 0.371. The first-order chi connectivity index (χ1) is 21.9. The van der Waals surface area contributed by atoms with Gasteiger partial charge < -0.3 is 34.0 Å². The number of carbonyl (C=O) groups excluding carboxylic acids is 2. The summed E-state index contributed by atoms with van der Waals surface area (Å²) in [5, 5.41) is 4.19. The molecule has 4 aromatic rings. The van der Waals surface area contributed by atoms with Crippen LogP contribution in [-0.2, 0) is 16.0 Å². The number of ether oxygens (including phenoxy) is 5. The van der Waals surface area contributed by atoms with Gasteiger partial charge in [0.1, 0.15) is 6.04 Å². The molecular formula is C35H41N3O7. The fourth-order valence-electron chi connectivity index (χ4n) is 6.20. The van der Waals surface area contributed by atoms with E-state index in [1.807, 2.05) is 30.5 Å². The average molecular weight is 616 g/mol. The summed E-state index contributed by atoms with van der Waals surface area (Å²) >= 11 is 0. The number of anilines is 1. The lowest BCUT2D eigenvalue weighted by molar-refractivity contribution is -0.127. The topological polar surface area (TPSA) is 111 Å². The van der Waals surface area contributed by atoms with Crippen LogP contribution in [0.3, 0.4) is 0 Å². The highest BCUT2D eigenvalue weighted by Crippen LogP contribution is 2.45. The minimum atomic E-state index is -1.13. The van der Waals surface area contributed by atoms with Crippen molar-refractivity contribution in [3.63, 3.8) is 0 Å². The van der Waals surface area contributed by atoms with Crippen LogP contribution >= 0.6 is 0 Å². The zero-order chi connectivity index (χ0) is 31.9. The van der Waals surface area contributed by atoms with E-state index < -0.39 is 6.04 Å². The van der Waals surface area contributed by atoms with Crippen LogP contribution in [0.4, 0.5) is 5.69 Å². The van der Waals surface area contributed by atoms with E-state index in [9.17, 15) is 9.59 Å². The van der Waals surface area contributed by atoms with Crippen molar-refractivity contribution in [3.05, 3.63) is 71.9 Å². The summed E-state index contributed by atoms with van der Waals surface area (Å²) in [5.74, 6) is 1.35. The number of nitrogens with zero attached hydrogens (tertiary/aromatic N) is 1. The molecule has 1 heterocycles. The summed E-state index contributed by atoms with van der Waals surface area (Å²) in [6.45, 7) is 0. The van der Waals surface area contributed by atoms with Gasteiger partial charge in [-0.2, -0.15) is 0 Å². The minimum Gasteiger partial charge on any atom is -0.493 e. The van der Waals surface area contributed by atoms with Crippen LogP contribution in [0, 0.1) is 0 Å². The highest BCUT2D eigenvalue weighted by Gasteiger charge is 2.38. The number of carbonyl (C=O) groups is 2. The zero-order valence-corrected chi connectivity index (χ0v) is 26.5. The van der Waals surface area contributed by atoms with E-state index in [2.05, 4.69) is 10.3 Å². The van der Waals surface area contributed by atoms with E-state index in [0.29, 0.717) is 40.0 Å². The molecule has 5 rings (SSSR count). The van der Waals surface area contributed by atoms with Gasteiger partial charge in [-0.25, -0.2) is 0 Å². The second kappa shape index (κ2) is 14.3. The first-order valence-corrected chi connectivity index (χ1v) is 15.1. The SMILES string of the molecule is COc1ccc(N(C(=O)Cc2c[nH]c3ccccc23)C(C(=O)NC2CCCCC2)c2ccc(OC)c(OC)c2OC)cc1OC. The monoisotopic (exact) mass is 615 g/mol. The lowest BCUT2D eigenvalue weighted by Crippen LogP contribution is -2.48. The molecule has 1 atom stereocenters. The quantitative estimate of drug-likeness (QED) is 0.202. The number of fused-ring (bicyclic) bond motifs is 1. The molecule has 10 heteroatoms. The number of nitrogens with one attached hydrogen (secondary N) is 2. The number of benzene rings is 3. The predicted octanol–water partition coefficient (Wildman–Crippen LogP) is 5.98. The maximum absolute atomic E-state index is 14.7. The van der Waals surface area contributed by atoms with Crippen molar-refractivity contribution in [3.8, 4) is 28.7 Å². The van der Waals surface area contributed by atoms with Crippen LogP contribution in [0.25, 0.3) is 10.9 Å². The Bertz CT molecular complexity index is 1640. The van der Waals surface area contributed by atoms with Crippen molar-refractivity contribution in [2.45, 2.75) is 50.6 Å². The van der Waals surface area contributed by atoms with Crippen LogP contribution in [0.5, 0.6) is 28.7 Å². The van der Waals surface area contributed by atoms with Gasteiger partial charge in [-0.15, -0.1) is 0 Å². The van der Waals surface area contributed by atoms with Gasteiger partial charge in [-0.05, 0) is 48.7 Å². The van der Waals surface area contributed by atoms with Crippen LogP contribution < -0.4 is 33.9 Å². The molecule has 0 aliphatic heterocycles. The largest absolute Gasteiger partial charge is 0.493 e. The number of para-hydroxylation sites is 1. The third-order valence-corrected chi connectivity index (χ3v) is 8.42. The molecule has 1 aliphatic carbocycles. The van der Waals surface area contributed by atoms with Crippen LogP contribution in [0.1, 0.15) is 49.3 Å². The Morgan fingerprint density at radius 3 is 2.20 bits per heavy atom. The average Bonchev–Trinajstić information content (AvgIpc) is 3.48. The van der Waals surface area contributed by atoms with Crippen molar-refractivity contribution < 1.29 is 33.3 Å². The Balaban J connectivity index is 1.70. The molecule has 3 aromatic carbocycles. The molecule has 1 saturated carbocycles. The fourth-order valence-corrected chi connectivity index (χ4v) is 6.20. The molecule has 238 valence electrons. The first kappa shape index (κ1) is 31.6. The van der Waals surface area contributed by atoms with Crippen LogP contribution in [0.2, 0.25) is 0 Å². The van der Waals surface area contributed by atoms with Crippen molar-refractivity contribution in [1.29, 1.82) is 0 Å². The van der Waals surface area contributed by atoms with Crippen molar-refractivity contribution >= 4 is 28.4 Å². The molecule has 1 aliphatic rings. The maximum Gasteiger partial charge on any atom is 0.248 e. The Morgan fingerprint density at radius 1 is 0.822 bits per heavy atom. The zero-order valence-electron chi connectivity index (χ0n) is 26.5. The molecule has 10 nitrogen and oxygen atoms in total. The molecule has 2 amide bonds. The normalized spacial score (nSPS) is 14.0. The Kier molecular flexibility index (Phi) is 10.0. The minimum absolute atomic E-state index is 0.00383. The molecule has 1 unspecified atom stereocenters. The Hall–Kier alpha value is -4.86. The van der Waals surface area contributed by atoms with Crippen LogP contribution in [0.15, 0.2) is 60.8 Å². The van der Waals surface area contributed by atoms with Gasteiger partial charge in [0.25, 0.3) is 0 Å². The number of methoxy groups -OCH3 is 5. The first-order valence-electron chi connectivity index (χ1n) is 15.1. The van der Waals surface area contributed by atoms with Gasteiger partial charge in [-0.1, -0.05) is 37.5 Å². The summed E-state index contributed by atoms with van der Waals surface area (Å²) in [6.07, 6.45) is 6.83. The third-order valence-electron chi connectivity index (χ3n) is 8.42. The number of aromatic amines is 1. The molecule has 1 aromatic heterocycles. The molecular weight excluding hydrogens is 574 g/mol. The molecule has 0 spiro atoms. The van der Waals surface area contributed by atoms with Gasteiger partial charge in [0.15, 0.2) is 23.0 Å². The van der Waals surface area contributed by atoms with Gasteiger partial charge in [-0.3, -0.25) is 14.5 Å². The summed E-state index contributed by atoms with van der Waals surface area (Å²) in [6, 6.07) is 15.3. The van der Waals surface area contributed by atoms with Crippen LogP contribution in [-0.4, -0.2) is 58.4 Å². The number of amides is 2. The standard InChI is InChI=1S/C35H41N3O7/c1-41-28-17-15-24(20-30(28)43-3)38(31(39)19-22-21-36-27-14-10-9-13-25(22)27)32(35(40)37-23-11-7-6-8-12-23)26-16-18-29(42-2)34(45-5)33(26)44-4/h9-10,13-18,20-21,23,32,36H,6-8,11-12,19H2,1-5H3,(H,37,40). The van der Waals surface area contributed by atoms with E-state index in [4.69, 9.17) is 23.7 Å². The molecule has 0 bridgehead atoms. The smallest absolute Gasteiger partial charge is 0.248 e. The Morgan fingerprint density at radius 2 is 1.51 bits per heavy atom. The van der Waals surface area contributed by atoms with E-state index in [1.54, 1.807) is 37.4 Å². The van der Waals surface area contributed by atoms with Gasteiger partial charge in [0.05, 0.1) is 42.0 Å². The number of hydrogen-bond acceptors (Lipinski definition) is 7. The maximum atomic E-state index is 14.7. The number of hydrogen-bond donors (Lipinski definition) is 2. The summed E-state index contributed by atoms with van der Waals surface area (Å²) < 4.78 is 28.2. The highest BCUT2D eigenvalue weighted by atomic mass is 16.5. The van der Waals surface area contributed by atoms with E-state index >= 15 is 0 Å². The molecule has 45 heavy (non-hydrogen) atoms. The Labute approximate surface area is 263 Å². The van der Waals surface area contributed by atoms with Gasteiger partial charge >= 0.3 is 0 Å². The van der Waals surface area contributed by atoms with Gasteiger partial charge in [0.2, 0.25) is 17.6 Å². The number of aromatic nitrogens is 1. The molecule has 0 saturated heterocycles. The number of H-pyrrole nitrogens is 1. The lowest BCUT2D eigenvalue weighted by atomic mass is 9.94. The van der Waals surface area contributed by atoms with Crippen molar-refractivity contribution in [2.75, 3.05) is 40.4 Å². The number of rotatable bonds is 12. The summed E-state index contributed by atoms with van der Waals surface area (Å²) in [7, 11) is 7.63. The van der Waals surface area contributed by atoms with Crippen molar-refractivity contribution in [2.24, 2.45) is 0 Å². The third kappa shape index (κ3) is 6.50. The lowest BCUT2D eigenvalue weighted by Gasteiger charge is -2.34. The molecule has 1 fully saturated rings. The van der Waals surface area contributed by atoms with Crippen molar-refractivity contribution in [1.82, 2.24) is 10.3 Å². The second-order valence-corrected chi connectivity index (χ2v) is 11.0. The van der Waals surface area contributed by atoms with E-state index in [0.717, 1.165) is 48.6 Å². The summed E-state index contributed by atoms with van der Waals surface area (Å²) in [5.41, 5.74) is 2.64. The van der Waals surface area contributed by atoms with E-state index in [-0.39, 0.29) is 24.3 Å². The highest BCUT2D eigenvalue weighted by molar-refractivity contribution is 6.04. The predicted molar refractivity (Wildman–Crippen MR) is 173 cm³/mol. The van der Waals surface area contributed by atoms with Gasteiger partial charge in [0, 0.05) is 40.5 Å². The molecule has 2 N–H and O–H groups in total. The summed E-state index contributed by atoms with van der Waals surface area (Å²) in [4.78, 5) is 34.0. The van der Waals surface area contributed by atoms with E-state index in [1.165, 1.54) is 33.3 Å². The second-order valence-electron chi connectivity index (χ2n) is 11.0. The molecule has 0 radical (unpaired) electrons.